The van der Waals surface area contributed by atoms with Gasteiger partial charge in [0.25, 0.3) is 0 Å². The summed E-state index contributed by atoms with van der Waals surface area (Å²) in [7, 11) is 0. The van der Waals surface area contributed by atoms with Gasteiger partial charge in [-0.2, -0.15) is 18.3 Å². The van der Waals surface area contributed by atoms with Crippen LogP contribution in [0.15, 0.2) is 53.4 Å². The minimum absolute atomic E-state index is 0.479. The molecule has 136 valence electrons. The van der Waals surface area contributed by atoms with Gasteiger partial charge in [0.2, 0.25) is 5.91 Å². The Morgan fingerprint density at radius 1 is 1.12 bits per heavy atom. The van der Waals surface area contributed by atoms with E-state index < -0.39 is 23.8 Å². The molecule has 0 aliphatic rings. The Morgan fingerprint density at radius 2 is 1.81 bits per heavy atom. The molecule has 2 aromatic carbocycles. The fourth-order valence-electron chi connectivity index (χ4n) is 2.76. The predicted molar refractivity (Wildman–Crippen MR) is 96.6 cm³/mol. The molecule has 0 bridgehead atoms. The van der Waals surface area contributed by atoms with Crippen molar-refractivity contribution < 1.29 is 18.0 Å². The van der Waals surface area contributed by atoms with Crippen LogP contribution in [0.25, 0.3) is 10.8 Å². The molecule has 0 saturated heterocycles. The summed E-state index contributed by atoms with van der Waals surface area (Å²) in [5, 5.41) is 3.97. The average Bonchev–Trinajstić information content (AvgIpc) is 2.91. The summed E-state index contributed by atoms with van der Waals surface area (Å²) in [4.78, 5) is 12.8. The lowest BCUT2D eigenvalue weighted by molar-refractivity contribution is -0.128. The molecule has 26 heavy (non-hydrogen) atoms. The summed E-state index contributed by atoms with van der Waals surface area (Å²) in [6.07, 6.45) is -5.16. The van der Waals surface area contributed by atoms with Gasteiger partial charge in [-0.15, -0.1) is 11.8 Å². The third-order valence-corrected chi connectivity index (χ3v) is 5.21. The van der Waals surface area contributed by atoms with E-state index >= 15 is 0 Å². The Bertz CT molecular complexity index is 949. The fourth-order valence-corrected chi connectivity index (χ4v) is 3.79. The maximum Gasteiger partial charge on any atom is 0.401 e. The Hall–Kier alpha value is -2.28. The number of carbonyl (C=O) groups excluding carboxylic acids is 1. The molecule has 3 nitrogen and oxygen atoms in total. The van der Waals surface area contributed by atoms with E-state index in [4.69, 9.17) is 0 Å². The molecule has 3 rings (SSSR count). The van der Waals surface area contributed by atoms with Crippen molar-refractivity contribution in [2.24, 2.45) is 0 Å². The van der Waals surface area contributed by atoms with Crippen molar-refractivity contribution in [3.63, 3.8) is 0 Å². The van der Waals surface area contributed by atoms with Crippen LogP contribution in [0.2, 0.25) is 0 Å². The van der Waals surface area contributed by atoms with Crippen LogP contribution in [0, 0.1) is 13.8 Å². The molecule has 3 aromatic rings. The Morgan fingerprint density at radius 3 is 2.42 bits per heavy atom. The normalized spacial score (nSPS) is 13.1. The van der Waals surface area contributed by atoms with Gasteiger partial charge in [-0.1, -0.05) is 30.3 Å². The van der Waals surface area contributed by atoms with Gasteiger partial charge in [-0.3, -0.25) is 4.79 Å². The minimum atomic E-state index is -4.50. The summed E-state index contributed by atoms with van der Waals surface area (Å²) in [6, 6.07) is 14.3. The maximum absolute atomic E-state index is 13.5. The molecule has 0 amide bonds. The smallest absolute Gasteiger partial charge is 0.273 e. The van der Waals surface area contributed by atoms with Gasteiger partial charge >= 0.3 is 6.18 Å². The van der Waals surface area contributed by atoms with Gasteiger partial charge in [0.15, 0.2) is 0 Å². The molecule has 1 aromatic heterocycles. The highest BCUT2D eigenvalue weighted by Gasteiger charge is 2.42. The third kappa shape index (κ3) is 4.09. The van der Waals surface area contributed by atoms with E-state index in [1.807, 2.05) is 24.3 Å². The molecular formula is C19H17F3N2OS. The zero-order valence-electron chi connectivity index (χ0n) is 14.2. The molecule has 0 unspecified atom stereocenters. The van der Waals surface area contributed by atoms with Crippen LogP contribution >= 0.6 is 11.8 Å². The number of aryl methyl sites for hydroxylation is 2. The lowest BCUT2D eigenvalue weighted by Crippen LogP contribution is -2.30. The number of hydrogen-bond acceptors (Lipinski definition) is 3. The molecule has 7 heteroatoms. The third-order valence-electron chi connectivity index (χ3n) is 3.97. The van der Waals surface area contributed by atoms with Crippen molar-refractivity contribution in [2.75, 3.05) is 0 Å². The molecule has 1 atom stereocenters. The van der Waals surface area contributed by atoms with Crippen molar-refractivity contribution in [3.05, 3.63) is 59.9 Å². The number of halogens is 3. The van der Waals surface area contributed by atoms with Crippen LogP contribution in [0.4, 0.5) is 13.2 Å². The lowest BCUT2D eigenvalue weighted by atomic mass is 10.1. The van der Waals surface area contributed by atoms with E-state index in [1.54, 1.807) is 38.1 Å². The zero-order valence-corrected chi connectivity index (χ0v) is 15.1. The number of carbonyl (C=O) groups is 1. The molecular weight excluding hydrogens is 361 g/mol. The Balaban J connectivity index is 1.83. The first-order valence-electron chi connectivity index (χ1n) is 8.02. The van der Waals surface area contributed by atoms with E-state index in [1.165, 1.54) is 0 Å². The number of thioether (sulfide) groups is 1. The van der Waals surface area contributed by atoms with Crippen LogP contribution in [0.5, 0.6) is 0 Å². The van der Waals surface area contributed by atoms with Gasteiger partial charge in [-0.05, 0) is 42.8 Å². The molecule has 0 N–H and O–H groups in total. The number of rotatable bonds is 4. The molecule has 0 fully saturated rings. The van der Waals surface area contributed by atoms with Crippen LogP contribution in [0.3, 0.4) is 0 Å². The van der Waals surface area contributed by atoms with Gasteiger partial charge in [0, 0.05) is 17.0 Å². The van der Waals surface area contributed by atoms with Crippen molar-refractivity contribution in [3.8, 4) is 0 Å². The second-order valence-electron chi connectivity index (χ2n) is 6.09. The highest BCUT2D eigenvalue weighted by Crippen LogP contribution is 2.38. The van der Waals surface area contributed by atoms with E-state index in [9.17, 15) is 18.0 Å². The predicted octanol–water partition coefficient (Wildman–Crippen LogP) is 5.41. The first-order chi connectivity index (χ1) is 12.2. The van der Waals surface area contributed by atoms with Crippen LogP contribution in [0.1, 0.15) is 22.6 Å². The molecule has 1 heterocycles. The van der Waals surface area contributed by atoms with Gasteiger partial charge in [-0.25, -0.2) is 4.68 Å². The van der Waals surface area contributed by atoms with Crippen molar-refractivity contribution in [1.29, 1.82) is 0 Å². The molecule has 0 radical (unpaired) electrons. The van der Waals surface area contributed by atoms with Crippen molar-refractivity contribution in [2.45, 2.75) is 36.6 Å². The number of fused-ring (bicyclic) bond motifs is 1. The topological polar surface area (TPSA) is 34.9 Å². The van der Waals surface area contributed by atoms with Crippen LogP contribution < -0.4 is 0 Å². The SMILES string of the molecule is Cc1cc(C)n(C(=O)C[C@H](Sc2ccc3ccccc3c2)C(F)(F)F)n1. The van der Waals surface area contributed by atoms with Gasteiger partial charge in [0.05, 0.1) is 5.69 Å². The van der Waals surface area contributed by atoms with Crippen molar-refractivity contribution in [1.82, 2.24) is 9.78 Å². The van der Waals surface area contributed by atoms with Crippen LogP contribution in [-0.4, -0.2) is 27.1 Å². The molecule has 0 aliphatic heterocycles. The Kier molecular flexibility index (Phi) is 5.09. The summed E-state index contributed by atoms with van der Waals surface area (Å²) >= 11 is 0.659. The monoisotopic (exact) mass is 378 g/mol. The largest absolute Gasteiger partial charge is 0.401 e. The number of benzene rings is 2. The summed E-state index contributed by atoms with van der Waals surface area (Å²) in [5.74, 6) is -0.661. The lowest BCUT2D eigenvalue weighted by Gasteiger charge is -2.19. The quantitative estimate of drug-likeness (QED) is 0.570. The summed E-state index contributed by atoms with van der Waals surface area (Å²) in [5.41, 5.74) is 1.13. The maximum atomic E-state index is 13.5. The van der Waals surface area contributed by atoms with Gasteiger partial charge < -0.3 is 0 Å². The highest BCUT2D eigenvalue weighted by atomic mass is 32.2. The molecule has 0 aliphatic carbocycles. The number of alkyl halides is 3. The molecule has 0 saturated carbocycles. The van der Waals surface area contributed by atoms with E-state index in [2.05, 4.69) is 5.10 Å². The highest BCUT2D eigenvalue weighted by molar-refractivity contribution is 8.00. The number of aromatic nitrogens is 2. The first-order valence-corrected chi connectivity index (χ1v) is 8.90. The fraction of sp³-hybridized carbons (Fsp3) is 0.263. The molecule has 0 spiro atoms. The number of nitrogens with zero attached hydrogens (tertiary/aromatic N) is 2. The Labute approximate surface area is 153 Å². The zero-order chi connectivity index (χ0) is 18.9. The summed E-state index contributed by atoms with van der Waals surface area (Å²) in [6.45, 7) is 3.35. The standard InChI is InChI=1S/C19H17F3N2OS/c1-12-9-13(2)24(23-12)18(25)11-17(19(20,21)22)26-16-8-7-14-5-3-4-6-15(14)10-16/h3-10,17H,11H2,1-2H3/t17-/m0/s1. The van der Waals surface area contributed by atoms with E-state index in [0.717, 1.165) is 15.5 Å². The minimum Gasteiger partial charge on any atom is -0.273 e. The first kappa shape index (κ1) is 18.5. The summed E-state index contributed by atoms with van der Waals surface area (Å²) < 4.78 is 41.5. The average molecular weight is 378 g/mol. The van der Waals surface area contributed by atoms with E-state index in [0.29, 0.717) is 28.0 Å². The second kappa shape index (κ2) is 7.15. The van der Waals surface area contributed by atoms with Crippen molar-refractivity contribution >= 4 is 28.4 Å². The van der Waals surface area contributed by atoms with Gasteiger partial charge in [0.1, 0.15) is 5.25 Å². The van der Waals surface area contributed by atoms with E-state index in [-0.39, 0.29) is 0 Å². The second-order valence-corrected chi connectivity index (χ2v) is 7.37. The number of hydrogen-bond donors (Lipinski definition) is 0. The van der Waals surface area contributed by atoms with Crippen LogP contribution in [-0.2, 0) is 0 Å².